The Balaban J connectivity index is 2.19. The number of hydrogen-bond donors (Lipinski definition) is 0. The molecule has 0 aliphatic carbocycles. The summed E-state index contributed by atoms with van der Waals surface area (Å²) in [6, 6.07) is 5.33. The third-order valence-electron chi connectivity index (χ3n) is 2.79. The summed E-state index contributed by atoms with van der Waals surface area (Å²) in [6.45, 7) is 3.62. The third kappa shape index (κ3) is 2.25. The minimum absolute atomic E-state index is 0.0961. The van der Waals surface area contributed by atoms with Gasteiger partial charge in [-0.15, -0.1) is 5.06 Å². The lowest BCUT2D eigenvalue weighted by molar-refractivity contribution is -0.172. The van der Waals surface area contributed by atoms with E-state index in [9.17, 15) is 14.4 Å². The molecule has 18 heavy (non-hydrogen) atoms. The number of hydroxylamine groups is 2. The Bertz CT molecular complexity index is 520. The van der Waals surface area contributed by atoms with Crippen LogP contribution in [0, 0.1) is 13.8 Å². The highest BCUT2D eigenvalue weighted by molar-refractivity contribution is 6.03. The Labute approximate surface area is 104 Å². The van der Waals surface area contributed by atoms with Crippen LogP contribution in [0.1, 0.15) is 34.3 Å². The second-order valence-corrected chi connectivity index (χ2v) is 4.28. The molecule has 0 N–H and O–H groups in total. The fraction of sp³-hybridized carbons (Fsp3) is 0.308. The van der Waals surface area contributed by atoms with Crippen molar-refractivity contribution < 1.29 is 19.2 Å². The van der Waals surface area contributed by atoms with Gasteiger partial charge in [-0.1, -0.05) is 17.7 Å². The molecule has 1 heterocycles. The Morgan fingerprint density at radius 2 is 1.78 bits per heavy atom. The van der Waals surface area contributed by atoms with Gasteiger partial charge in [0, 0.05) is 12.8 Å². The molecule has 2 amide bonds. The topological polar surface area (TPSA) is 63.7 Å². The van der Waals surface area contributed by atoms with Crippen molar-refractivity contribution in [2.24, 2.45) is 0 Å². The molecule has 0 bridgehead atoms. The van der Waals surface area contributed by atoms with Crippen molar-refractivity contribution in [3.8, 4) is 0 Å². The summed E-state index contributed by atoms with van der Waals surface area (Å²) in [5, 5.41) is 0.560. The zero-order valence-electron chi connectivity index (χ0n) is 10.2. The maximum absolute atomic E-state index is 11.9. The second kappa shape index (κ2) is 4.60. The highest BCUT2D eigenvalue weighted by atomic mass is 16.7. The van der Waals surface area contributed by atoms with E-state index in [-0.39, 0.29) is 12.8 Å². The van der Waals surface area contributed by atoms with Crippen LogP contribution in [0.15, 0.2) is 18.2 Å². The van der Waals surface area contributed by atoms with Crippen LogP contribution in [0.2, 0.25) is 0 Å². The lowest BCUT2D eigenvalue weighted by atomic mass is 10.1. The van der Waals surface area contributed by atoms with E-state index in [1.807, 2.05) is 13.0 Å². The summed E-state index contributed by atoms with van der Waals surface area (Å²) in [7, 11) is 0. The van der Waals surface area contributed by atoms with Gasteiger partial charge in [-0.2, -0.15) is 0 Å². The van der Waals surface area contributed by atoms with Crippen LogP contribution >= 0.6 is 0 Å². The van der Waals surface area contributed by atoms with Crippen molar-refractivity contribution in [1.29, 1.82) is 0 Å². The summed E-state index contributed by atoms with van der Waals surface area (Å²) >= 11 is 0. The zero-order valence-corrected chi connectivity index (χ0v) is 10.2. The van der Waals surface area contributed by atoms with Crippen LogP contribution in [-0.2, 0) is 14.4 Å². The third-order valence-corrected chi connectivity index (χ3v) is 2.79. The number of carbonyl (C=O) groups excluding carboxylic acids is 3. The highest BCUT2D eigenvalue weighted by Crippen LogP contribution is 2.16. The predicted molar refractivity (Wildman–Crippen MR) is 62.4 cm³/mol. The molecule has 1 aliphatic heterocycles. The molecule has 1 saturated heterocycles. The molecule has 1 aromatic carbocycles. The van der Waals surface area contributed by atoms with E-state index < -0.39 is 17.8 Å². The van der Waals surface area contributed by atoms with Crippen molar-refractivity contribution in [3.05, 3.63) is 34.9 Å². The predicted octanol–water partition coefficient (Wildman–Crippen LogP) is 1.52. The van der Waals surface area contributed by atoms with Gasteiger partial charge in [0.1, 0.15) is 0 Å². The first-order valence-electron chi connectivity index (χ1n) is 5.64. The maximum Gasteiger partial charge on any atom is 0.364 e. The number of aryl methyl sites for hydroxylation is 2. The molecule has 5 nitrogen and oxygen atoms in total. The number of amides is 2. The van der Waals surface area contributed by atoms with E-state index in [0.29, 0.717) is 10.6 Å². The molecule has 0 radical (unpaired) electrons. The number of benzene rings is 1. The first-order chi connectivity index (χ1) is 8.49. The number of imide groups is 1. The smallest absolute Gasteiger partial charge is 0.325 e. The fourth-order valence-corrected chi connectivity index (χ4v) is 1.75. The normalized spacial score (nSPS) is 15.1. The van der Waals surface area contributed by atoms with E-state index in [2.05, 4.69) is 0 Å². The molecule has 1 fully saturated rings. The monoisotopic (exact) mass is 247 g/mol. The molecule has 0 saturated carbocycles. The summed E-state index contributed by atoms with van der Waals surface area (Å²) in [5.74, 6) is -1.63. The Morgan fingerprint density at radius 3 is 2.39 bits per heavy atom. The molecule has 94 valence electrons. The van der Waals surface area contributed by atoms with E-state index >= 15 is 0 Å². The average Bonchev–Trinajstić information content (AvgIpc) is 2.64. The first-order valence-corrected chi connectivity index (χ1v) is 5.64. The molecule has 0 spiro atoms. The van der Waals surface area contributed by atoms with Crippen LogP contribution in [-0.4, -0.2) is 22.8 Å². The van der Waals surface area contributed by atoms with Crippen LogP contribution < -0.4 is 0 Å². The van der Waals surface area contributed by atoms with E-state index in [4.69, 9.17) is 4.84 Å². The average molecular weight is 247 g/mol. The quantitative estimate of drug-likeness (QED) is 0.743. The van der Waals surface area contributed by atoms with Crippen LogP contribution in [0.5, 0.6) is 0 Å². The van der Waals surface area contributed by atoms with Gasteiger partial charge >= 0.3 is 5.97 Å². The summed E-state index contributed by atoms with van der Waals surface area (Å²) in [5.41, 5.74) is 2.01. The first kappa shape index (κ1) is 12.3. The minimum Gasteiger partial charge on any atom is -0.325 e. The van der Waals surface area contributed by atoms with E-state index in [0.717, 1.165) is 11.1 Å². The zero-order chi connectivity index (χ0) is 13.3. The van der Waals surface area contributed by atoms with E-state index in [1.165, 1.54) is 0 Å². The molecular weight excluding hydrogens is 234 g/mol. The number of carbonyl (C=O) groups is 3. The van der Waals surface area contributed by atoms with Gasteiger partial charge in [0.2, 0.25) is 0 Å². The lowest BCUT2D eigenvalue weighted by Gasteiger charge is -2.13. The highest BCUT2D eigenvalue weighted by Gasteiger charge is 2.33. The van der Waals surface area contributed by atoms with Crippen molar-refractivity contribution >= 4 is 17.8 Å². The second-order valence-electron chi connectivity index (χ2n) is 4.28. The molecule has 1 aromatic rings. The molecule has 1 aliphatic rings. The van der Waals surface area contributed by atoms with Gasteiger partial charge in [-0.05, 0) is 25.5 Å². The van der Waals surface area contributed by atoms with Gasteiger partial charge < -0.3 is 4.84 Å². The number of rotatable bonds is 2. The van der Waals surface area contributed by atoms with Crippen LogP contribution in [0.3, 0.4) is 0 Å². The lowest BCUT2D eigenvalue weighted by Crippen LogP contribution is -2.32. The molecule has 0 unspecified atom stereocenters. The molecule has 2 rings (SSSR count). The van der Waals surface area contributed by atoms with Crippen molar-refractivity contribution in [2.75, 3.05) is 0 Å². The summed E-state index contributed by atoms with van der Waals surface area (Å²) in [6.07, 6.45) is 0.192. The molecular formula is C13H13NO4. The van der Waals surface area contributed by atoms with Gasteiger partial charge in [0.15, 0.2) is 0 Å². The summed E-state index contributed by atoms with van der Waals surface area (Å²) < 4.78 is 0. The van der Waals surface area contributed by atoms with Crippen LogP contribution in [0.4, 0.5) is 0 Å². The Hall–Kier alpha value is -2.17. The minimum atomic E-state index is -0.681. The van der Waals surface area contributed by atoms with Gasteiger partial charge in [-0.25, -0.2) is 4.79 Å². The van der Waals surface area contributed by atoms with Gasteiger partial charge in [-0.3, -0.25) is 9.59 Å². The maximum atomic E-state index is 11.9. The van der Waals surface area contributed by atoms with Crippen molar-refractivity contribution in [2.45, 2.75) is 26.7 Å². The van der Waals surface area contributed by atoms with Crippen LogP contribution in [0.25, 0.3) is 0 Å². The van der Waals surface area contributed by atoms with E-state index in [1.54, 1.807) is 19.1 Å². The van der Waals surface area contributed by atoms with Crippen molar-refractivity contribution in [1.82, 2.24) is 5.06 Å². The Kier molecular flexibility index (Phi) is 3.14. The number of hydrogen-bond acceptors (Lipinski definition) is 4. The van der Waals surface area contributed by atoms with Crippen molar-refractivity contribution in [3.63, 3.8) is 0 Å². The molecule has 5 heteroatoms. The molecule has 0 aromatic heterocycles. The standard InChI is InChI=1S/C13H13NO4/c1-8-3-4-9(2)10(7-8)13(17)18-14-11(15)5-6-12(14)16/h3-4,7H,5-6H2,1-2H3. The van der Waals surface area contributed by atoms with Gasteiger partial charge in [0.25, 0.3) is 11.8 Å². The number of nitrogens with zero attached hydrogens (tertiary/aromatic N) is 1. The van der Waals surface area contributed by atoms with Gasteiger partial charge in [0.05, 0.1) is 5.56 Å². The molecule has 0 atom stereocenters. The summed E-state index contributed by atoms with van der Waals surface area (Å²) in [4.78, 5) is 39.4. The fourth-order valence-electron chi connectivity index (χ4n) is 1.75. The SMILES string of the molecule is Cc1ccc(C)c(C(=O)ON2C(=O)CCC2=O)c1. The Morgan fingerprint density at radius 1 is 1.17 bits per heavy atom. The largest absolute Gasteiger partial charge is 0.364 e.